The van der Waals surface area contributed by atoms with Gasteiger partial charge in [-0.3, -0.25) is 14.5 Å². The van der Waals surface area contributed by atoms with E-state index in [1.165, 1.54) is 6.07 Å². The molecule has 0 unspecified atom stereocenters. The molecule has 0 bridgehead atoms. The van der Waals surface area contributed by atoms with E-state index in [1.54, 1.807) is 13.0 Å². The van der Waals surface area contributed by atoms with Gasteiger partial charge in [0.25, 0.3) is 11.5 Å². The van der Waals surface area contributed by atoms with Crippen LogP contribution in [0.3, 0.4) is 0 Å². The number of benzene rings is 2. The number of pyridine rings is 1. The number of aliphatic hydroxyl groups excluding tert-OH is 1. The van der Waals surface area contributed by atoms with Crippen molar-refractivity contribution in [3.8, 4) is 11.1 Å². The quantitative estimate of drug-likeness (QED) is 0.392. The normalized spacial score (nSPS) is 19.9. The van der Waals surface area contributed by atoms with Crippen LogP contribution in [0.25, 0.3) is 21.9 Å². The van der Waals surface area contributed by atoms with E-state index >= 15 is 4.39 Å². The lowest BCUT2D eigenvalue weighted by atomic mass is 9.94. The van der Waals surface area contributed by atoms with Gasteiger partial charge in [-0.1, -0.05) is 6.07 Å². The van der Waals surface area contributed by atoms with Crippen molar-refractivity contribution in [3.05, 3.63) is 69.4 Å². The number of rotatable bonds is 9. The molecular weight excluding hydrogens is 495 g/mol. The van der Waals surface area contributed by atoms with E-state index < -0.39 is 5.82 Å². The van der Waals surface area contributed by atoms with Crippen LogP contribution in [0.15, 0.2) is 41.3 Å². The van der Waals surface area contributed by atoms with Gasteiger partial charge in [-0.25, -0.2) is 4.39 Å². The molecule has 3 N–H and O–H groups in total. The molecule has 3 aliphatic rings. The van der Waals surface area contributed by atoms with Crippen molar-refractivity contribution >= 4 is 16.7 Å². The van der Waals surface area contributed by atoms with Crippen LogP contribution in [0.5, 0.6) is 0 Å². The van der Waals surface area contributed by atoms with Crippen LogP contribution < -0.4 is 16.2 Å². The monoisotopic (exact) mass is 532 g/mol. The number of carbonyl (C=O) groups is 1. The average molecular weight is 533 g/mol. The third-order valence-corrected chi connectivity index (χ3v) is 8.36. The number of amides is 1. The van der Waals surface area contributed by atoms with E-state index in [0.29, 0.717) is 41.0 Å². The van der Waals surface area contributed by atoms with Crippen LogP contribution in [0.4, 0.5) is 4.39 Å². The van der Waals surface area contributed by atoms with Gasteiger partial charge in [-0.15, -0.1) is 0 Å². The highest BCUT2D eigenvalue weighted by Crippen LogP contribution is 2.33. The molecule has 39 heavy (non-hydrogen) atoms. The number of piperazine rings is 1. The first kappa shape index (κ1) is 26.2. The molecule has 2 saturated carbocycles. The van der Waals surface area contributed by atoms with Crippen molar-refractivity contribution in [2.24, 2.45) is 5.92 Å². The van der Waals surface area contributed by atoms with E-state index in [9.17, 15) is 14.7 Å². The molecular formula is C31H37FN4O3. The van der Waals surface area contributed by atoms with Crippen molar-refractivity contribution in [1.29, 1.82) is 0 Å². The molecule has 2 aromatic carbocycles. The molecule has 3 aromatic rings. The maximum Gasteiger partial charge on any atom is 0.258 e. The molecule has 0 radical (unpaired) electrons. The van der Waals surface area contributed by atoms with E-state index in [0.717, 1.165) is 68.4 Å². The fourth-order valence-corrected chi connectivity index (χ4v) is 5.71. The second kappa shape index (κ2) is 10.8. The van der Waals surface area contributed by atoms with E-state index in [-0.39, 0.29) is 30.2 Å². The summed E-state index contributed by atoms with van der Waals surface area (Å²) in [6.45, 7) is 5.86. The molecule has 0 spiro atoms. The highest BCUT2D eigenvalue weighted by molar-refractivity contribution is 5.97. The van der Waals surface area contributed by atoms with Gasteiger partial charge >= 0.3 is 0 Å². The third kappa shape index (κ3) is 5.78. The highest BCUT2D eigenvalue weighted by atomic mass is 19.1. The van der Waals surface area contributed by atoms with Gasteiger partial charge in [0.1, 0.15) is 5.82 Å². The Kier molecular flexibility index (Phi) is 7.27. The van der Waals surface area contributed by atoms with Gasteiger partial charge in [0, 0.05) is 68.6 Å². The smallest absolute Gasteiger partial charge is 0.258 e. The lowest BCUT2D eigenvalue weighted by Crippen LogP contribution is -2.50. The molecule has 8 heteroatoms. The predicted octanol–water partition coefficient (Wildman–Crippen LogP) is 3.57. The molecule has 6 rings (SSSR count). The minimum atomic E-state index is -0.413. The van der Waals surface area contributed by atoms with Gasteiger partial charge < -0.3 is 20.3 Å². The number of aliphatic hydroxyl groups is 1. The Morgan fingerprint density at radius 1 is 1.15 bits per heavy atom. The first-order chi connectivity index (χ1) is 18.9. The summed E-state index contributed by atoms with van der Waals surface area (Å²) >= 11 is 0. The Morgan fingerprint density at radius 2 is 1.97 bits per heavy atom. The maximum atomic E-state index is 15.0. The Hall–Kier alpha value is -3.07. The zero-order valence-corrected chi connectivity index (χ0v) is 22.5. The molecule has 1 saturated heterocycles. The number of hydrogen-bond acceptors (Lipinski definition) is 5. The van der Waals surface area contributed by atoms with Crippen LogP contribution >= 0.6 is 0 Å². The molecule has 1 atom stereocenters. The van der Waals surface area contributed by atoms with E-state index in [1.807, 2.05) is 29.0 Å². The minimum absolute atomic E-state index is 0.00568. The van der Waals surface area contributed by atoms with Crippen molar-refractivity contribution in [1.82, 2.24) is 20.1 Å². The summed E-state index contributed by atoms with van der Waals surface area (Å²) in [4.78, 5) is 28.6. The number of hydrogen-bond donors (Lipinski definition) is 3. The summed E-state index contributed by atoms with van der Waals surface area (Å²) in [7, 11) is 0. The first-order valence-electron chi connectivity index (χ1n) is 14.2. The Morgan fingerprint density at radius 3 is 2.72 bits per heavy atom. The second-order valence-corrected chi connectivity index (χ2v) is 11.6. The number of aromatic nitrogens is 1. The van der Waals surface area contributed by atoms with Crippen molar-refractivity contribution < 1.29 is 14.3 Å². The first-order valence-corrected chi connectivity index (χ1v) is 14.2. The molecule has 7 nitrogen and oxygen atoms in total. The number of nitrogens with zero attached hydrogens (tertiary/aromatic N) is 2. The molecule has 206 valence electrons. The van der Waals surface area contributed by atoms with Gasteiger partial charge in [-0.05, 0) is 96.9 Å². The zero-order valence-electron chi connectivity index (χ0n) is 22.5. The third-order valence-electron chi connectivity index (χ3n) is 8.36. The molecule has 1 aliphatic heterocycles. The molecule has 1 amide bonds. The Balaban J connectivity index is 1.40. The summed E-state index contributed by atoms with van der Waals surface area (Å²) in [6, 6.07) is 9.23. The van der Waals surface area contributed by atoms with E-state index in [2.05, 4.69) is 15.5 Å². The van der Waals surface area contributed by atoms with Crippen LogP contribution in [-0.2, 0) is 13.1 Å². The van der Waals surface area contributed by atoms with Crippen LogP contribution in [0.1, 0.15) is 53.6 Å². The number of carbonyl (C=O) groups excluding carboxylic acids is 1. The number of fused-ring (bicyclic) bond motifs is 1. The largest absolute Gasteiger partial charge is 0.396 e. The van der Waals surface area contributed by atoms with Gasteiger partial charge in [0.2, 0.25) is 0 Å². The van der Waals surface area contributed by atoms with Crippen LogP contribution in [-0.4, -0.2) is 58.8 Å². The minimum Gasteiger partial charge on any atom is -0.396 e. The fourth-order valence-electron chi connectivity index (χ4n) is 5.71. The molecule has 1 aromatic heterocycles. The lowest BCUT2D eigenvalue weighted by Gasteiger charge is -2.33. The lowest BCUT2D eigenvalue weighted by molar-refractivity contribution is 0.0950. The summed E-state index contributed by atoms with van der Waals surface area (Å²) in [5, 5.41) is 17.4. The van der Waals surface area contributed by atoms with Gasteiger partial charge in [0.15, 0.2) is 0 Å². The van der Waals surface area contributed by atoms with Gasteiger partial charge in [0.05, 0.1) is 0 Å². The molecule has 2 heterocycles. The fraction of sp³-hybridized carbons (Fsp3) is 0.484. The highest BCUT2D eigenvalue weighted by Gasteiger charge is 2.26. The summed E-state index contributed by atoms with van der Waals surface area (Å²) < 4.78 is 16.9. The number of halogens is 1. The second-order valence-electron chi connectivity index (χ2n) is 11.6. The topological polar surface area (TPSA) is 86.6 Å². The molecule has 3 fully saturated rings. The summed E-state index contributed by atoms with van der Waals surface area (Å²) in [6.07, 6.45) is 6.98. The van der Waals surface area contributed by atoms with Crippen LogP contribution in [0.2, 0.25) is 0 Å². The standard InChI is InChI=1S/C31H37FN4O3/c1-19-27(13-22(14-29(19)32)30(38)34-24-5-6-24)21-4-7-26-28(12-21)23(17-36(31(26)39)15-20-2-3-20)16-35-10-9-33-25(18-35)8-11-37/h4,7,12-14,17,20,24-25,33,37H,2-3,5-6,8-11,15-16,18H2,1H3,(H,34,38)/t25-/m0/s1. The molecule has 2 aliphatic carbocycles. The van der Waals surface area contributed by atoms with Crippen molar-refractivity contribution in [2.45, 2.75) is 64.2 Å². The van der Waals surface area contributed by atoms with Crippen molar-refractivity contribution in [2.75, 3.05) is 26.2 Å². The Labute approximate surface area is 228 Å². The maximum absolute atomic E-state index is 15.0. The average Bonchev–Trinajstić information content (AvgIpc) is 3.86. The number of nitrogens with one attached hydrogen (secondary N) is 2. The van der Waals surface area contributed by atoms with Crippen molar-refractivity contribution in [3.63, 3.8) is 0 Å². The van der Waals surface area contributed by atoms with Gasteiger partial charge in [-0.2, -0.15) is 0 Å². The Bertz CT molecular complexity index is 1460. The SMILES string of the molecule is Cc1c(F)cc(C(=O)NC2CC2)cc1-c1ccc2c(=O)n(CC3CC3)cc(CN3CCN[C@@H](CCO)C3)c2c1. The van der Waals surface area contributed by atoms with Crippen LogP contribution in [0, 0.1) is 18.7 Å². The summed E-state index contributed by atoms with van der Waals surface area (Å²) in [5.74, 6) is -0.0989. The summed E-state index contributed by atoms with van der Waals surface area (Å²) in [5.41, 5.74) is 3.32. The predicted molar refractivity (Wildman–Crippen MR) is 150 cm³/mol. The van der Waals surface area contributed by atoms with E-state index in [4.69, 9.17) is 0 Å². The zero-order chi connectivity index (χ0) is 27.1.